The molecule has 2 aliphatic heterocycles. The molecule has 7 aliphatic carbocycles. The number of nitrogens with zero attached hydrogens (tertiary/aromatic N) is 5. The van der Waals surface area contributed by atoms with Crippen LogP contribution < -0.4 is 9.80 Å². The number of carbonyl (C=O) groups is 1. The molecule has 0 N–H and O–H groups in total. The van der Waals surface area contributed by atoms with Gasteiger partial charge in [-0.2, -0.15) is 8.78 Å². The normalized spacial score (nSPS) is 19.9. The number of alkyl halides is 2. The fraction of sp³-hybridized carbons (Fsp3) is 0.356. The number of carbonyl (C=O) groups excluding carboxylic acids is 1. The lowest BCUT2D eigenvalue weighted by atomic mass is 9.87. The first-order valence-electron chi connectivity index (χ1n) is 40.6. The summed E-state index contributed by atoms with van der Waals surface area (Å²) in [4.78, 5) is 16.3. The van der Waals surface area contributed by atoms with Crippen LogP contribution in [0.3, 0.4) is 0 Å². The molecule has 0 bridgehead atoms. The SMILES string of the molecule is CC1C#CCCCCC1.CC1CCC#CC(F)(F)CC1.CC1CCC#CCCC1.CC1Cc2ccccc2C#Cc2ccccc21.CCC1[C@H]2CCC#CCC[C@@H]12.CN1C(=O)c2ccccc2C#Cc2ccccc21.CN1Cc2ccccc2C#Cc2ccccc21.Cn1nnc2c1-c1ccccc1C#Cc1ccccc1-2. The van der Waals surface area contributed by atoms with Gasteiger partial charge in [-0.25, -0.2) is 4.68 Å². The number of aromatic nitrogens is 3. The second kappa shape index (κ2) is 41.5. The number of hydrogen-bond donors (Lipinski definition) is 0. The number of anilines is 2. The number of amides is 1. The zero-order chi connectivity index (χ0) is 78.4. The Hall–Kier alpha value is -11.5. The van der Waals surface area contributed by atoms with E-state index in [9.17, 15) is 13.6 Å². The molecule has 1 aromatic heterocycles. The molecule has 1 saturated carbocycles. The van der Waals surface area contributed by atoms with Crippen molar-refractivity contribution in [2.45, 2.75) is 181 Å². The third-order valence-corrected chi connectivity index (χ3v) is 22.0. The molecule has 0 saturated heterocycles. The van der Waals surface area contributed by atoms with Gasteiger partial charge in [-0.15, -0.1) is 40.6 Å². The molecule has 9 aliphatic rings. The number of halogens is 2. The molecule has 3 heterocycles. The maximum Gasteiger partial charge on any atom is 0.308 e. The monoisotopic (exact) mass is 1480 g/mol. The molecule has 0 spiro atoms. The smallest absolute Gasteiger partial charge is 0.308 e. The molecule has 18 rings (SSSR count). The minimum atomic E-state index is -2.73. The summed E-state index contributed by atoms with van der Waals surface area (Å²) < 4.78 is 27.1. The molecule has 9 aromatic rings. The lowest BCUT2D eigenvalue weighted by Gasteiger charge is -2.22. The number of hydrogen-bond acceptors (Lipinski definition) is 4. The topological polar surface area (TPSA) is 54.3 Å². The number of fused-ring (bicyclic) bond motifs is 12. The lowest BCUT2D eigenvalue weighted by molar-refractivity contribution is 0.0484. The molecule has 1 amide bonds. The first kappa shape index (κ1) is 81.5. The van der Waals surface area contributed by atoms with Crippen LogP contribution in [0, 0.1) is 130 Å². The van der Waals surface area contributed by atoms with E-state index in [1.54, 1.807) is 11.9 Å². The van der Waals surface area contributed by atoms with Crippen LogP contribution in [0.4, 0.5) is 20.2 Å². The van der Waals surface area contributed by atoms with Gasteiger partial charge in [-0.1, -0.05) is 240 Å². The molecule has 112 heavy (non-hydrogen) atoms. The molecule has 7 atom stereocenters. The Morgan fingerprint density at radius 3 is 1.58 bits per heavy atom. The zero-order valence-electron chi connectivity index (χ0n) is 66.8. The van der Waals surface area contributed by atoms with E-state index >= 15 is 0 Å². The van der Waals surface area contributed by atoms with Gasteiger partial charge in [-0.3, -0.25) is 4.79 Å². The van der Waals surface area contributed by atoms with Gasteiger partial charge in [0.25, 0.3) is 5.91 Å². The maximum absolute atomic E-state index is 12.6. The van der Waals surface area contributed by atoms with Gasteiger partial charge in [0.05, 0.1) is 22.6 Å². The van der Waals surface area contributed by atoms with Gasteiger partial charge in [0.15, 0.2) is 0 Å². The fourth-order valence-electron chi connectivity index (χ4n) is 15.4. The van der Waals surface area contributed by atoms with E-state index in [-0.39, 0.29) is 12.3 Å². The molecule has 0 radical (unpaired) electrons. The third kappa shape index (κ3) is 23.3. The molecule has 8 aromatic carbocycles. The molecule has 8 heteroatoms. The quantitative estimate of drug-likeness (QED) is 0.154. The summed E-state index contributed by atoms with van der Waals surface area (Å²) in [6.07, 6.45) is 22.5. The minimum Gasteiger partial charge on any atom is -0.369 e. The van der Waals surface area contributed by atoms with Crippen molar-refractivity contribution in [3.05, 3.63) is 261 Å². The molecule has 1 fully saturated rings. The van der Waals surface area contributed by atoms with Crippen LogP contribution in [0.5, 0.6) is 0 Å². The van der Waals surface area contributed by atoms with Crippen LogP contribution in [-0.2, 0) is 20.0 Å². The summed E-state index contributed by atoms with van der Waals surface area (Å²) in [5.74, 6) is 52.5. The highest BCUT2D eigenvalue weighted by molar-refractivity contribution is 6.08. The van der Waals surface area contributed by atoms with E-state index in [1.807, 2.05) is 128 Å². The Kier molecular flexibility index (Phi) is 30.2. The van der Waals surface area contributed by atoms with Crippen molar-refractivity contribution in [2.75, 3.05) is 23.9 Å². The van der Waals surface area contributed by atoms with Gasteiger partial charge in [0, 0.05) is 134 Å². The fourth-order valence-corrected chi connectivity index (χ4v) is 15.4. The molecular weight excluding hydrogens is 1370 g/mol. The zero-order valence-corrected chi connectivity index (χ0v) is 66.8. The Bertz CT molecular complexity index is 5140. The van der Waals surface area contributed by atoms with Crippen molar-refractivity contribution in [1.29, 1.82) is 0 Å². The third-order valence-electron chi connectivity index (χ3n) is 22.0. The van der Waals surface area contributed by atoms with Crippen molar-refractivity contribution >= 4 is 17.3 Å². The molecular formula is C104H105F2N5O. The van der Waals surface area contributed by atoms with E-state index in [1.165, 1.54) is 97.7 Å². The number of benzene rings is 8. The first-order chi connectivity index (χ1) is 54.6. The predicted molar refractivity (Wildman–Crippen MR) is 459 cm³/mol. The largest absolute Gasteiger partial charge is 0.369 e. The van der Waals surface area contributed by atoms with Crippen LogP contribution in [0.25, 0.3) is 22.5 Å². The van der Waals surface area contributed by atoms with Crippen molar-refractivity contribution in [2.24, 2.45) is 42.6 Å². The highest BCUT2D eigenvalue weighted by Crippen LogP contribution is 2.54. The Morgan fingerprint density at radius 1 is 0.438 bits per heavy atom. The van der Waals surface area contributed by atoms with Crippen molar-refractivity contribution in [3.63, 3.8) is 0 Å². The van der Waals surface area contributed by atoms with Gasteiger partial charge in [0.1, 0.15) is 5.69 Å². The second-order valence-electron chi connectivity index (χ2n) is 30.5. The summed E-state index contributed by atoms with van der Waals surface area (Å²) in [5, 5.41) is 8.53. The van der Waals surface area contributed by atoms with Crippen molar-refractivity contribution in [3.8, 4) is 117 Å². The van der Waals surface area contributed by atoms with Crippen LogP contribution in [0.1, 0.15) is 234 Å². The van der Waals surface area contributed by atoms with E-state index in [2.05, 4.69) is 230 Å². The number of para-hydroxylation sites is 2. The number of rotatable bonds is 1. The predicted octanol–water partition coefficient (Wildman–Crippen LogP) is 23.2. The summed E-state index contributed by atoms with van der Waals surface area (Å²) in [5.41, 5.74) is 19.0. The van der Waals surface area contributed by atoms with E-state index < -0.39 is 5.92 Å². The van der Waals surface area contributed by atoms with Gasteiger partial charge >= 0.3 is 5.92 Å². The summed E-state index contributed by atoms with van der Waals surface area (Å²) >= 11 is 0. The molecule has 5 unspecified atom stereocenters. The Labute approximate surface area is 667 Å². The van der Waals surface area contributed by atoms with Crippen molar-refractivity contribution < 1.29 is 13.6 Å². The van der Waals surface area contributed by atoms with E-state index in [4.69, 9.17) is 0 Å². The van der Waals surface area contributed by atoms with Crippen LogP contribution in [0.2, 0.25) is 0 Å². The number of aryl methyl sites for hydroxylation is 1. The summed E-state index contributed by atoms with van der Waals surface area (Å²) in [6, 6.07) is 64.9. The molecule has 6 nitrogen and oxygen atoms in total. The van der Waals surface area contributed by atoms with E-state index in [0.29, 0.717) is 36.2 Å². The minimum absolute atomic E-state index is 0.0212. The van der Waals surface area contributed by atoms with Gasteiger partial charge < -0.3 is 9.80 Å². The average Bonchev–Trinajstić information content (AvgIpc) is 1.60. The second-order valence-corrected chi connectivity index (χ2v) is 30.5. The van der Waals surface area contributed by atoms with E-state index in [0.717, 1.165) is 137 Å². The van der Waals surface area contributed by atoms with Crippen molar-refractivity contribution in [1.82, 2.24) is 15.0 Å². The van der Waals surface area contributed by atoms with Crippen LogP contribution in [-0.4, -0.2) is 40.9 Å². The molecule has 566 valence electrons. The first-order valence-corrected chi connectivity index (χ1v) is 40.6. The van der Waals surface area contributed by atoms with Gasteiger partial charge in [-0.05, 0) is 189 Å². The highest BCUT2D eigenvalue weighted by atomic mass is 19.3. The summed E-state index contributed by atoms with van der Waals surface area (Å²) in [6.45, 7) is 12.1. The Morgan fingerprint density at radius 2 is 0.911 bits per heavy atom. The maximum atomic E-state index is 12.6. The van der Waals surface area contributed by atoms with Crippen LogP contribution in [0.15, 0.2) is 194 Å². The Balaban J connectivity index is 0.000000129. The van der Waals surface area contributed by atoms with Crippen LogP contribution >= 0.6 is 0 Å². The lowest BCUT2D eigenvalue weighted by Crippen LogP contribution is -2.28. The average molecular weight is 1480 g/mol. The van der Waals surface area contributed by atoms with Gasteiger partial charge in [0.2, 0.25) is 0 Å². The standard InChI is InChI=1S/C17H11N3.C17H14.C16H11NO.C16H13N.C11H16.C9H12F2.2C9H14/c1-20-17-15-9-5-3-7-13(15)11-10-12-6-2-4-8-14(12)16(17)18-19-20;1-13-12-16-8-3-2-6-14(16)10-11-15-7-4-5-9-17(13)15;1-17-15-9-5-3-7-13(15)11-10-12-6-2-4-8-14(12)16(17)18;1-17-12-15-8-3-2-6-13(15)10-11-14-7-4-5-9-16(14)17;1-2-9-10-7-5-3-4-6-8-11(9)10;1-8-4-2-3-6-9(10,11)7-5-8;2*1-9-7-5-3-2-4-6-8-9/h2-9H,1H3;2-9,13H,12H2,1H3;2-9H,1H3;2-9H,12H2,1H3;9-11H,2,5-8H2,1H3;8H,2,4-5,7H2,1H3;9H,3,5-8H2,1H3;9H,2-5,7H2,1H3/t;;;;9?,10-,11+;;;. The highest BCUT2D eigenvalue weighted by Gasteiger charge is 2.47. The summed E-state index contributed by atoms with van der Waals surface area (Å²) in [7, 11) is 5.81.